The Kier molecular flexibility index (Phi) is 2.66. The number of ketones is 2. The predicted octanol–water partition coefficient (Wildman–Crippen LogP) is 3.26. The number of rotatable bonds is 0. The van der Waals surface area contributed by atoms with Crippen LogP contribution in [0.5, 0.6) is 5.75 Å². The van der Waals surface area contributed by atoms with Gasteiger partial charge in [0.1, 0.15) is 21.6 Å². The molecule has 0 radical (unpaired) electrons. The van der Waals surface area contributed by atoms with Crippen molar-refractivity contribution < 1.29 is 19.4 Å². The van der Waals surface area contributed by atoms with Gasteiger partial charge in [0.25, 0.3) is 0 Å². The summed E-state index contributed by atoms with van der Waals surface area (Å²) in [6, 6.07) is 3.16. The minimum atomic E-state index is -0.740. The Morgan fingerprint density at radius 1 is 1.20 bits per heavy atom. The molecule has 1 N–H and O–H groups in total. The van der Waals surface area contributed by atoms with Crippen molar-refractivity contribution in [1.29, 1.82) is 0 Å². The number of fused-ring (bicyclic) bond motifs is 3. The van der Waals surface area contributed by atoms with Crippen LogP contribution in [0.15, 0.2) is 22.7 Å². The second-order valence-electron chi connectivity index (χ2n) is 5.26. The topological polar surface area (TPSA) is 63.6 Å². The molecule has 0 fully saturated rings. The molecule has 1 heterocycles. The fourth-order valence-electron chi connectivity index (χ4n) is 2.34. The van der Waals surface area contributed by atoms with E-state index in [9.17, 15) is 14.7 Å². The fourth-order valence-corrected chi connectivity index (χ4v) is 2.72. The summed E-state index contributed by atoms with van der Waals surface area (Å²) >= 11 is 2.97. The third kappa shape index (κ3) is 1.73. The molecule has 1 aliphatic heterocycles. The maximum absolute atomic E-state index is 12.0. The van der Waals surface area contributed by atoms with E-state index in [-0.39, 0.29) is 15.8 Å². The van der Waals surface area contributed by atoms with Crippen molar-refractivity contribution in [2.45, 2.75) is 19.4 Å². The molecule has 0 atom stereocenters. The number of aliphatic hydroxyl groups excluding tert-OH is 1. The number of hydrogen-bond donors (Lipinski definition) is 1. The van der Waals surface area contributed by atoms with Crippen LogP contribution in [0.25, 0.3) is 11.8 Å². The van der Waals surface area contributed by atoms with Crippen LogP contribution in [0.1, 0.15) is 35.3 Å². The van der Waals surface area contributed by atoms with E-state index >= 15 is 0 Å². The van der Waals surface area contributed by atoms with Crippen molar-refractivity contribution in [3.8, 4) is 5.75 Å². The molecule has 1 aromatic carbocycles. The van der Waals surface area contributed by atoms with Gasteiger partial charge in [0.05, 0.1) is 0 Å². The lowest BCUT2D eigenvalue weighted by molar-refractivity contribution is -0.111. The average Bonchev–Trinajstić information content (AvgIpc) is 2.40. The first-order chi connectivity index (χ1) is 9.32. The van der Waals surface area contributed by atoms with E-state index in [1.54, 1.807) is 12.1 Å². The second kappa shape index (κ2) is 4.06. The van der Waals surface area contributed by atoms with Crippen molar-refractivity contribution in [1.82, 2.24) is 0 Å². The zero-order valence-corrected chi connectivity index (χ0v) is 12.4. The molecule has 0 bridgehead atoms. The first kappa shape index (κ1) is 13.1. The Bertz CT molecular complexity index is 726. The number of Topliss-reactive ketones (excluding diaryl/α,β-unsaturated/α-hetero) is 2. The number of aliphatic hydroxyl groups is 1. The standard InChI is InChI=1S/C15H11BrO4/c1-15(2)6-5-7-9(20-15)4-3-8-10(7)13(18)11(16)14(19)12(8)17/h3-6,18H,1-2H3. The minimum Gasteiger partial charge on any atom is -0.506 e. The van der Waals surface area contributed by atoms with Crippen molar-refractivity contribution >= 4 is 39.3 Å². The maximum Gasteiger partial charge on any atom is 0.244 e. The number of halogens is 1. The number of carbonyl (C=O) groups excluding carboxylic acids is 2. The van der Waals surface area contributed by atoms with Gasteiger partial charge in [-0.2, -0.15) is 0 Å². The van der Waals surface area contributed by atoms with Crippen molar-refractivity contribution in [2.24, 2.45) is 0 Å². The molecule has 20 heavy (non-hydrogen) atoms. The van der Waals surface area contributed by atoms with Gasteiger partial charge < -0.3 is 9.84 Å². The second-order valence-corrected chi connectivity index (χ2v) is 6.05. The van der Waals surface area contributed by atoms with E-state index in [4.69, 9.17) is 4.74 Å². The lowest BCUT2D eigenvalue weighted by atomic mass is 9.88. The molecule has 1 aromatic rings. The molecule has 4 nitrogen and oxygen atoms in total. The van der Waals surface area contributed by atoms with Crippen LogP contribution >= 0.6 is 15.9 Å². The van der Waals surface area contributed by atoms with Gasteiger partial charge >= 0.3 is 0 Å². The molecule has 102 valence electrons. The quantitative estimate of drug-likeness (QED) is 0.739. The van der Waals surface area contributed by atoms with Gasteiger partial charge in [-0.3, -0.25) is 9.59 Å². The van der Waals surface area contributed by atoms with Gasteiger partial charge in [-0.1, -0.05) is 6.08 Å². The molecule has 0 aromatic heterocycles. The molecule has 2 aliphatic rings. The Morgan fingerprint density at radius 2 is 1.90 bits per heavy atom. The Morgan fingerprint density at radius 3 is 2.60 bits per heavy atom. The molecule has 0 amide bonds. The van der Waals surface area contributed by atoms with Crippen LogP contribution in [0.3, 0.4) is 0 Å². The van der Waals surface area contributed by atoms with Gasteiger partial charge in [-0.25, -0.2) is 0 Å². The number of ether oxygens (including phenoxy) is 1. The lowest BCUT2D eigenvalue weighted by Crippen LogP contribution is -2.29. The summed E-state index contributed by atoms with van der Waals surface area (Å²) in [6.07, 6.45) is 3.65. The van der Waals surface area contributed by atoms with Gasteiger partial charge in [0.2, 0.25) is 11.6 Å². The highest BCUT2D eigenvalue weighted by Gasteiger charge is 2.35. The van der Waals surface area contributed by atoms with Crippen molar-refractivity contribution in [3.63, 3.8) is 0 Å². The third-order valence-corrected chi connectivity index (χ3v) is 4.06. The highest BCUT2D eigenvalue weighted by atomic mass is 79.9. The first-order valence-electron chi connectivity index (χ1n) is 6.05. The summed E-state index contributed by atoms with van der Waals surface area (Å²) in [6.45, 7) is 3.82. The molecule has 0 saturated carbocycles. The number of hydrogen-bond acceptors (Lipinski definition) is 4. The molecular formula is C15H11BrO4. The summed E-state index contributed by atoms with van der Waals surface area (Å²) in [5, 5.41) is 10.2. The van der Waals surface area contributed by atoms with Crippen LogP contribution in [0.4, 0.5) is 0 Å². The summed E-state index contributed by atoms with van der Waals surface area (Å²) in [4.78, 5) is 23.7. The van der Waals surface area contributed by atoms with Gasteiger partial charge in [-0.15, -0.1) is 0 Å². The van der Waals surface area contributed by atoms with Crippen molar-refractivity contribution in [3.05, 3.63) is 39.4 Å². The zero-order chi connectivity index (χ0) is 14.7. The monoisotopic (exact) mass is 334 g/mol. The van der Waals surface area contributed by atoms with E-state index in [0.717, 1.165) is 0 Å². The first-order valence-corrected chi connectivity index (χ1v) is 6.84. The molecule has 0 saturated heterocycles. The lowest BCUT2D eigenvalue weighted by Gasteiger charge is -2.30. The Labute approximate surface area is 123 Å². The molecule has 3 rings (SSSR count). The molecule has 0 unspecified atom stereocenters. The van der Waals surface area contributed by atoms with Crippen LogP contribution < -0.4 is 4.74 Å². The van der Waals surface area contributed by atoms with E-state index in [0.29, 0.717) is 16.9 Å². The smallest absolute Gasteiger partial charge is 0.244 e. The average molecular weight is 335 g/mol. The summed E-state index contributed by atoms with van der Waals surface area (Å²) in [5.74, 6) is -1.03. The van der Waals surface area contributed by atoms with Crippen LogP contribution in [-0.2, 0) is 4.79 Å². The minimum absolute atomic E-state index is 0.110. The number of carbonyl (C=O) groups is 2. The molecule has 0 spiro atoms. The Hall–Kier alpha value is -1.88. The highest BCUT2D eigenvalue weighted by molar-refractivity contribution is 9.12. The van der Waals surface area contributed by atoms with E-state index < -0.39 is 17.2 Å². The zero-order valence-electron chi connectivity index (χ0n) is 10.9. The predicted molar refractivity (Wildman–Crippen MR) is 78.0 cm³/mol. The van der Waals surface area contributed by atoms with E-state index in [2.05, 4.69) is 15.9 Å². The Balaban J connectivity index is 2.31. The van der Waals surface area contributed by atoms with Gasteiger partial charge in [-0.05, 0) is 48.0 Å². The SMILES string of the molecule is CC1(C)C=Cc2c(ccc3c2C(O)=C(Br)C(=O)C3=O)O1. The third-order valence-electron chi connectivity index (χ3n) is 3.32. The highest BCUT2D eigenvalue weighted by Crippen LogP contribution is 2.41. The van der Waals surface area contributed by atoms with Crippen LogP contribution in [0.2, 0.25) is 0 Å². The molecular weight excluding hydrogens is 324 g/mol. The van der Waals surface area contributed by atoms with Crippen LogP contribution in [-0.4, -0.2) is 22.3 Å². The van der Waals surface area contributed by atoms with Gasteiger partial charge in [0, 0.05) is 16.7 Å². The number of allylic oxidation sites excluding steroid dienone is 1. The van der Waals surface area contributed by atoms with Crippen molar-refractivity contribution in [2.75, 3.05) is 0 Å². The fraction of sp³-hybridized carbons (Fsp3) is 0.200. The molecule has 5 heteroatoms. The van der Waals surface area contributed by atoms with E-state index in [1.807, 2.05) is 19.9 Å². The normalized spacial score (nSPS) is 19.6. The summed E-state index contributed by atoms with van der Waals surface area (Å²) < 4.78 is 5.69. The van der Waals surface area contributed by atoms with Gasteiger partial charge in [0.15, 0.2) is 0 Å². The number of benzene rings is 1. The summed E-state index contributed by atoms with van der Waals surface area (Å²) in [5.41, 5.74) is 0.692. The largest absolute Gasteiger partial charge is 0.506 e. The summed E-state index contributed by atoms with van der Waals surface area (Å²) in [7, 11) is 0. The van der Waals surface area contributed by atoms with E-state index in [1.165, 1.54) is 6.07 Å². The van der Waals surface area contributed by atoms with Crippen LogP contribution in [0, 0.1) is 0 Å². The maximum atomic E-state index is 12.0. The molecule has 1 aliphatic carbocycles.